The van der Waals surface area contributed by atoms with Crippen molar-refractivity contribution in [3.8, 4) is 0 Å². The lowest BCUT2D eigenvalue weighted by atomic mass is 9.85. The molecule has 0 unspecified atom stereocenters. The van der Waals surface area contributed by atoms with Gasteiger partial charge >= 0.3 is 0 Å². The SMILES string of the molecule is CC1(C(=O)N2CCC(C(=O)N3CCCCCC3)CC2)CCCC1. The second-order valence-electron chi connectivity index (χ2n) is 8.07. The van der Waals surface area contributed by atoms with E-state index in [0.29, 0.717) is 11.8 Å². The Morgan fingerprint density at radius 2 is 1.35 bits per heavy atom. The third-order valence-electron chi connectivity index (χ3n) is 6.27. The summed E-state index contributed by atoms with van der Waals surface area (Å²) < 4.78 is 0. The third kappa shape index (κ3) is 3.72. The molecule has 0 spiro atoms. The lowest BCUT2D eigenvalue weighted by Gasteiger charge is -2.37. The van der Waals surface area contributed by atoms with Gasteiger partial charge in [0.25, 0.3) is 0 Å². The molecule has 3 rings (SSSR count). The first-order valence-electron chi connectivity index (χ1n) is 9.68. The molecule has 1 saturated carbocycles. The smallest absolute Gasteiger partial charge is 0.228 e. The number of nitrogens with zero attached hydrogens (tertiary/aromatic N) is 2. The van der Waals surface area contributed by atoms with E-state index in [4.69, 9.17) is 0 Å². The van der Waals surface area contributed by atoms with Crippen molar-refractivity contribution < 1.29 is 9.59 Å². The molecule has 0 bridgehead atoms. The van der Waals surface area contributed by atoms with Crippen molar-refractivity contribution in [2.75, 3.05) is 26.2 Å². The van der Waals surface area contributed by atoms with Gasteiger partial charge in [0.15, 0.2) is 0 Å². The normalized spacial score (nSPS) is 26.1. The van der Waals surface area contributed by atoms with Crippen molar-refractivity contribution in [1.29, 1.82) is 0 Å². The number of hydrogen-bond donors (Lipinski definition) is 0. The standard InChI is InChI=1S/C19H32N2O2/c1-19(10-4-5-11-19)18(23)21-14-8-16(9-15-21)17(22)20-12-6-2-3-7-13-20/h16H,2-15H2,1H3. The van der Waals surface area contributed by atoms with Gasteiger partial charge in [-0.2, -0.15) is 0 Å². The number of hydrogen-bond acceptors (Lipinski definition) is 2. The van der Waals surface area contributed by atoms with E-state index in [1.165, 1.54) is 25.7 Å². The maximum atomic E-state index is 12.8. The average Bonchev–Trinajstić information content (AvgIpc) is 2.86. The number of rotatable bonds is 2. The first-order chi connectivity index (χ1) is 11.1. The second-order valence-corrected chi connectivity index (χ2v) is 8.07. The van der Waals surface area contributed by atoms with Crippen LogP contribution < -0.4 is 0 Å². The Hall–Kier alpha value is -1.06. The fourth-order valence-electron chi connectivity index (χ4n) is 4.63. The topological polar surface area (TPSA) is 40.6 Å². The molecule has 3 aliphatic rings. The molecular formula is C19H32N2O2. The molecule has 0 aromatic heterocycles. The van der Waals surface area contributed by atoms with Gasteiger partial charge in [0.2, 0.25) is 11.8 Å². The maximum Gasteiger partial charge on any atom is 0.228 e. The van der Waals surface area contributed by atoms with Crippen LogP contribution in [0.3, 0.4) is 0 Å². The van der Waals surface area contributed by atoms with Gasteiger partial charge in [0.05, 0.1) is 0 Å². The molecule has 0 aromatic rings. The minimum absolute atomic E-state index is 0.123. The summed E-state index contributed by atoms with van der Waals surface area (Å²) >= 11 is 0. The molecule has 3 fully saturated rings. The van der Waals surface area contributed by atoms with E-state index in [0.717, 1.165) is 64.7 Å². The summed E-state index contributed by atoms with van der Waals surface area (Å²) in [5.41, 5.74) is -0.123. The fourth-order valence-corrected chi connectivity index (χ4v) is 4.63. The van der Waals surface area contributed by atoms with Crippen LogP contribution in [0.1, 0.15) is 71.1 Å². The van der Waals surface area contributed by atoms with E-state index in [2.05, 4.69) is 11.8 Å². The van der Waals surface area contributed by atoms with Crippen molar-refractivity contribution in [2.45, 2.75) is 71.1 Å². The summed E-state index contributed by atoms with van der Waals surface area (Å²) in [6, 6.07) is 0. The van der Waals surface area contributed by atoms with Gasteiger partial charge in [0, 0.05) is 37.5 Å². The highest BCUT2D eigenvalue weighted by Crippen LogP contribution is 2.40. The van der Waals surface area contributed by atoms with E-state index >= 15 is 0 Å². The summed E-state index contributed by atoms with van der Waals surface area (Å²) in [6.07, 6.45) is 11.0. The molecule has 0 radical (unpaired) electrons. The highest BCUT2D eigenvalue weighted by Gasteiger charge is 2.40. The Balaban J connectivity index is 1.51. The van der Waals surface area contributed by atoms with Gasteiger partial charge in [-0.1, -0.05) is 32.6 Å². The summed E-state index contributed by atoms with van der Waals surface area (Å²) in [6.45, 7) is 5.57. The second kappa shape index (κ2) is 7.23. The molecule has 1 aliphatic carbocycles. The van der Waals surface area contributed by atoms with Crippen molar-refractivity contribution >= 4 is 11.8 Å². The fraction of sp³-hybridized carbons (Fsp3) is 0.895. The molecule has 2 heterocycles. The molecule has 0 N–H and O–H groups in total. The minimum atomic E-state index is -0.123. The zero-order chi connectivity index (χ0) is 16.3. The van der Waals surface area contributed by atoms with Gasteiger partial charge in [0.1, 0.15) is 0 Å². The first-order valence-corrected chi connectivity index (χ1v) is 9.68. The Kier molecular flexibility index (Phi) is 5.27. The van der Waals surface area contributed by atoms with E-state index < -0.39 is 0 Å². The van der Waals surface area contributed by atoms with Gasteiger partial charge in [-0.3, -0.25) is 9.59 Å². The number of likely N-dealkylation sites (tertiary alicyclic amines) is 2. The highest BCUT2D eigenvalue weighted by molar-refractivity contribution is 5.83. The molecule has 2 amide bonds. The minimum Gasteiger partial charge on any atom is -0.342 e. The monoisotopic (exact) mass is 320 g/mol. The number of amides is 2. The largest absolute Gasteiger partial charge is 0.342 e. The van der Waals surface area contributed by atoms with Crippen LogP contribution in [0, 0.1) is 11.3 Å². The number of carbonyl (C=O) groups is 2. The molecular weight excluding hydrogens is 288 g/mol. The van der Waals surface area contributed by atoms with Crippen LogP contribution in [-0.2, 0) is 9.59 Å². The zero-order valence-electron chi connectivity index (χ0n) is 14.7. The summed E-state index contributed by atoms with van der Waals surface area (Å²) in [7, 11) is 0. The molecule has 0 atom stereocenters. The summed E-state index contributed by atoms with van der Waals surface area (Å²) in [5, 5.41) is 0. The van der Waals surface area contributed by atoms with Crippen molar-refractivity contribution in [2.24, 2.45) is 11.3 Å². The van der Waals surface area contributed by atoms with Crippen LogP contribution in [0.25, 0.3) is 0 Å². The molecule has 130 valence electrons. The molecule has 2 saturated heterocycles. The van der Waals surface area contributed by atoms with Crippen LogP contribution >= 0.6 is 0 Å². The lowest BCUT2D eigenvalue weighted by Crippen LogP contribution is -2.48. The van der Waals surface area contributed by atoms with E-state index in [1.54, 1.807) is 0 Å². The van der Waals surface area contributed by atoms with Crippen LogP contribution in [0.5, 0.6) is 0 Å². The first kappa shape index (κ1) is 16.8. The Morgan fingerprint density at radius 1 is 0.783 bits per heavy atom. The maximum absolute atomic E-state index is 12.8. The van der Waals surface area contributed by atoms with Crippen molar-refractivity contribution in [3.63, 3.8) is 0 Å². The van der Waals surface area contributed by atoms with Crippen LogP contribution in [0.2, 0.25) is 0 Å². The van der Waals surface area contributed by atoms with Gasteiger partial charge in [-0.25, -0.2) is 0 Å². The Labute approximate surface area is 140 Å². The molecule has 0 aromatic carbocycles. The Bertz CT molecular complexity index is 427. The Morgan fingerprint density at radius 3 is 1.91 bits per heavy atom. The molecule has 4 nitrogen and oxygen atoms in total. The van der Waals surface area contributed by atoms with Gasteiger partial charge in [-0.15, -0.1) is 0 Å². The molecule has 2 aliphatic heterocycles. The quantitative estimate of drug-likeness (QED) is 0.784. The van der Waals surface area contributed by atoms with E-state index in [1.807, 2.05) is 4.90 Å². The molecule has 4 heteroatoms. The van der Waals surface area contributed by atoms with Gasteiger partial charge in [-0.05, 0) is 38.5 Å². The van der Waals surface area contributed by atoms with Crippen LogP contribution in [-0.4, -0.2) is 47.8 Å². The van der Waals surface area contributed by atoms with Gasteiger partial charge < -0.3 is 9.80 Å². The van der Waals surface area contributed by atoms with E-state index in [9.17, 15) is 9.59 Å². The van der Waals surface area contributed by atoms with Crippen LogP contribution in [0.4, 0.5) is 0 Å². The van der Waals surface area contributed by atoms with Crippen molar-refractivity contribution in [1.82, 2.24) is 9.80 Å². The van der Waals surface area contributed by atoms with Crippen molar-refractivity contribution in [3.05, 3.63) is 0 Å². The summed E-state index contributed by atoms with van der Waals surface area (Å²) in [4.78, 5) is 29.6. The van der Waals surface area contributed by atoms with Crippen LogP contribution in [0.15, 0.2) is 0 Å². The third-order valence-corrected chi connectivity index (χ3v) is 6.27. The molecule has 23 heavy (non-hydrogen) atoms. The number of carbonyl (C=O) groups excluding carboxylic acids is 2. The lowest BCUT2D eigenvalue weighted by molar-refractivity contribution is -0.146. The predicted molar refractivity (Wildman–Crippen MR) is 90.9 cm³/mol. The zero-order valence-corrected chi connectivity index (χ0v) is 14.7. The van der Waals surface area contributed by atoms with E-state index in [-0.39, 0.29) is 11.3 Å². The number of piperidine rings is 1. The summed E-state index contributed by atoms with van der Waals surface area (Å²) in [5.74, 6) is 0.843. The highest BCUT2D eigenvalue weighted by atomic mass is 16.2. The average molecular weight is 320 g/mol. The predicted octanol–water partition coefficient (Wildman–Crippen LogP) is 3.21.